The highest BCUT2D eigenvalue weighted by Crippen LogP contribution is 2.33. The lowest BCUT2D eigenvalue weighted by molar-refractivity contribution is -0.136. The molecule has 7 nitrogen and oxygen atoms in total. The Morgan fingerprint density at radius 2 is 1.50 bits per heavy atom. The van der Waals surface area contributed by atoms with Gasteiger partial charge in [-0.3, -0.25) is 4.79 Å². The third-order valence-electron chi connectivity index (χ3n) is 6.15. The summed E-state index contributed by atoms with van der Waals surface area (Å²) >= 11 is 0. The van der Waals surface area contributed by atoms with Gasteiger partial charge in [-0.05, 0) is 53.6 Å². The van der Waals surface area contributed by atoms with Crippen LogP contribution in [0.5, 0.6) is 17.2 Å². The van der Waals surface area contributed by atoms with Crippen molar-refractivity contribution >= 4 is 17.6 Å². The van der Waals surface area contributed by atoms with E-state index < -0.39 is 18.5 Å². The van der Waals surface area contributed by atoms with Crippen molar-refractivity contribution in [1.82, 2.24) is 5.01 Å². The van der Waals surface area contributed by atoms with Crippen LogP contribution in [0.15, 0.2) is 114 Å². The van der Waals surface area contributed by atoms with E-state index in [1.54, 1.807) is 31.4 Å². The van der Waals surface area contributed by atoms with E-state index in [0.29, 0.717) is 17.9 Å². The van der Waals surface area contributed by atoms with Crippen LogP contribution in [0.3, 0.4) is 0 Å². The molecule has 1 unspecified atom stereocenters. The van der Waals surface area contributed by atoms with Crippen molar-refractivity contribution in [3.8, 4) is 17.2 Å². The lowest BCUT2D eigenvalue weighted by Crippen LogP contribution is -2.31. The van der Waals surface area contributed by atoms with Crippen LogP contribution in [0, 0.1) is 0 Å². The number of nitrogens with zero attached hydrogens (tertiary/aromatic N) is 2. The second-order valence-corrected chi connectivity index (χ2v) is 8.66. The number of para-hydroxylation sites is 1. The normalized spacial score (nSPS) is 14.5. The van der Waals surface area contributed by atoms with Gasteiger partial charge in [0.2, 0.25) is 0 Å². The van der Waals surface area contributed by atoms with E-state index in [9.17, 15) is 9.59 Å². The number of hydrogen-bond donors (Lipinski definition) is 0. The molecule has 0 aliphatic carbocycles. The first kappa shape index (κ1) is 24.8. The Kier molecular flexibility index (Phi) is 7.45. The van der Waals surface area contributed by atoms with Crippen molar-refractivity contribution in [1.29, 1.82) is 0 Å². The van der Waals surface area contributed by atoms with Crippen LogP contribution in [0.25, 0.3) is 0 Å². The highest BCUT2D eigenvalue weighted by molar-refractivity contribution is 6.03. The van der Waals surface area contributed by atoms with Gasteiger partial charge in [0.1, 0.15) is 17.2 Å². The maximum atomic E-state index is 13.3. The van der Waals surface area contributed by atoms with Gasteiger partial charge in [-0.2, -0.15) is 5.10 Å². The molecule has 0 N–H and O–H groups in total. The summed E-state index contributed by atoms with van der Waals surface area (Å²) in [4.78, 5) is 26.0. The molecule has 0 aromatic heterocycles. The second kappa shape index (κ2) is 11.4. The highest BCUT2D eigenvalue weighted by Gasteiger charge is 2.33. The molecule has 4 aromatic carbocycles. The van der Waals surface area contributed by atoms with E-state index in [1.807, 2.05) is 84.9 Å². The largest absolute Gasteiger partial charge is 0.497 e. The zero-order valence-corrected chi connectivity index (χ0v) is 20.8. The number of carbonyl (C=O) groups excluding carboxylic acids is 2. The molecule has 1 heterocycles. The van der Waals surface area contributed by atoms with E-state index in [4.69, 9.17) is 14.2 Å². The Hall–Kier alpha value is -4.91. The predicted molar refractivity (Wildman–Crippen MR) is 143 cm³/mol. The molecule has 0 radical (unpaired) electrons. The summed E-state index contributed by atoms with van der Waals surface area (Å²) in [5, 5.41) is 6.04. The lowest BCUT2D eigenvalue weighted by Gasteiger charge is -2.22. The van der Waals surface area contributed by atoms with Crippen LogP contribution in [0.2, 0.25) is 0 Å². The fourth-order valence-electron chi connectivity index (χ4n) is 4.22. The molecule has 5 rings (SSSR count). The molecule has 0 spiro atoms. The SMILES string of the molecule is COc1ccc(C2CC(c3ccccc3)=NN2C(=O)COC(=O)c2cccc(Oc3ccccc3)c2)cc1. The Labute approximate surface area is 220 Å². The van der Waals surface area contributed by atoms with Crippen molar-refractivity contribution < 1.29 is 23.8 Å². The van der Waals surface area contributed by atoms with Crippen LogP contribution in [0.1, 0.15) is 33.9 Å². The standard InChI is InChI=1S/C31H26N2O5/c1-36-25-17-15-23(16-18-25)29-20-28(22-9-4-2-5-10-22)32-33(29)30(34)21-37-31(35)24-11-8-14-27(19-24)38-26-12-6-3-7-13-26/h2-19,29H,20-21H2,1H3. The van der Waals surface area contributed by atoms with Crippen LogP contribution in [-0.2, 0) is 9.53 Å². The zero-order valence-electron chi connectivity index (χ0n) is 20.8. The number of methoxy groups -OCH3 is 1. The maximum Gasteiger partial charge on any atom is 0.338 e. The summed E-state index contributed by atoms with van der Waals surface area (Å²) < 4.78 is 16.5. The second-order valence-electron chi connectivity index (χ2n) is 8.66. The Morgan fingerprint density at radius 3 is 2.21 bits per heavy atom. The molecule has 190 valence electrons. The molecular weight excluding hydrogens is 480 g/mol. The number of amides is 1. The predicted octanol–water partition coefficient (Wildman–Crippen LogP) is 6.02. The Balaban J connectivity index is 1.30. The first-order chi connectivity index (χ1) is 18.6. The molecule has 0 fully saturated rings. The van der Waals surface area contributed by atoms with Crippen LogP contribution >= 0.6 is 0 Å². The number of carbonyl (C=O) groups is 2. The number of benzene rings is 4. The minimum Gasteiger partial charge on any atom is -0.497 e. The third kappa shape index (κ3) is 5.73. The fourth-order valence-corrected chi connectivity index (χ4v) is 4.22. The summed E-state index contributed by atoms with van der Waals surface area (Å²) in [5.74, 6) is 0.833. The minimum absolute atomic E-state index is 0.285. The van der Waals surface area contributed by atoms with Crippen molar-refractivity contribution in [2.45, 2.75) is 12.5 Å². The number of hydrazone groups is 1. The summed E-state index contributed by atoms with van der Waals surface area (Å²) in [6, 6.07) is 32.8. The average molecular weight is 507 g/mol. The molecule has 4 aromatic rings. The zero-order chi connectivity index (χ0) is 26.3. The van der Waals surface area contributed by atoms with E-state index in [1.165, 1.54) is 5.01 Å². The Bertz CT molecular complexity index is 1440. The van der Waals surface area contributed by atoms with Gasteiger partial charge in [0.05, 0.1) is 24.4 Å². The minimum atomic E-state index is -0.621. The summed E-state index contributed by atoms with van der Waals surface area (Å²) in [6.07, 6.45) is 0.537. The van der Waals surface area contributed by atoms with Crippen molar-refractivity contribution in [2.75, 3.05) is 13.7 Å². The summed E-state index contributed by atoms with van der Waals surface area (Å²) in [5.41, 5.74) is 2.92. The number of hydrogen-bond acceptors (Lipinski definition) is 6. The average Bonchev–Trinajstić information content (AvgIpc) is 3.43. The quantitative estimate of drug-likeness (QED) is 0.273. The Morgan fingerprint density at radius 1 is 0.816 bits per heavy atom. The van der Waals surface area contributed by atoms with Crippen molar-refractivity contribution in [3.63, 3.8) is 0 Å². The molecule has 0 bridgehead atoms. The van der Waals surface area contributed by atoms with Gasteiger partial charge in [-0.25, -0.2) is 9.80 Å². The summed E-state index contributed by atoms with van der Waals surface area (Å²) in [7, 11) is 1.61. The van der Waals surface area contributed by atoms with Gasteiger partial charge in [-0.1, -0.05) is 66.7 Å². The molecular formula is C31H26N2O5. The topological polar surface area (TPSA) is 77.4 Å². The molecule has 1 amide bonds. The molecule has 7 heteroatoms. The number of esters is 1. The van der Waals surface area contributed by atoms with E-state index in [2.05, 4.69) is 5.10 Å². The molecule has 1 aliphatic rings. The van der Waals surface area contributed by atoms with E-state index in [0.717, 1.165) is 22.6 Å². The molecule has 0 saturated carbocycles. The highest BCUT2D eigenvalue weighted by atomic mass is 16.5. The monoisotopic (exact) mass is 506 g/mol. The van der Waals surface area contributed by atoms with E-state index in [-0.39, 0.29) is 11.6 Å². The van der Waals surface area contributed by atoms with Crippen LogP contribution < -0.4 is 9.47 Å². The van der Waals surface area contributed by atoms with Gasteiger partial charge in [0, 0.05) is 6.42 Å². The van der Waals surface area contributed by atoms with Gasteiger partial charge in [0.25, 0.3) is 5.91 Å². The smallest absolute Gasteiger partial charge is 0.338 e. The molecule has 38 heavy (non-hydrogen) atoms. The van der Waals surface area contributed by atoms with Crippen molar-refractivity contribution in [3.05, 3.63) is 126 Å². The van der Waals surface area contributed by atoms with Gasteiger partial charge in [0.15, 0.2) is 6.61 Å². The van der Waals surface area contributed by atoms with Crippen molar-refractivity contribution in [2.24, 2.45) is 5.10 Å². The number of rotatable bonds is 8. The fraction of sp³-hybridized carbons (Fsp3) is 0.129. The third-order valence-corrected chi connectivity index (χ3v) is 6.15. The van der Waals surface area contributed by atoms with Crippen LogP contribution in [-0.4, -0.2) is 36.3 Å². The first-order valence-corrected chi connectivity index (χ1v) is 12.2. The summed E-state index contributed by atoms with van der Waals surface area (Å²) in [6.45, 7) is -0.444. The number of ether oxygens (including phenoxy) is 3. The maximum absolute atomic E-state index is 13.3. The first-order valence-electron chi connectivity index (χ1n) is 12.2. The molecule has 0 saturated heterocycles. The molecule has 1 aliphatic heterocycles. The van der Waals surface area contributed by atoms with Gasteiger partial charge >= 0.3 is 5.97 Å². The van der Waals surface area contributed by atoms with Gasteiger partial charge in [-0.15, -0.1) is 0 Å². The van der Waals surface area contributed by atoms with Crippen LogP contribution in [0.4, 0.5) is 0 Å². The van der Waals surface area contributed by atoms with Gasteiger partial charge < -0.3 is 14.2 Å². The molecule has 1 atom stereocenters. The van der Waals surface area contributed by atoms with E-state index >= 15 is 0 Å². The lowest BCUT2D eigenvalue weighted by atomic mass is 9.98.